The molecule has 0 radical (unpaired) electrons. The van der Waals surface area contributed by atoms with E-state index in [-0.39, 0.29) is 29.6 Å². The van der Waals surface area contributed by atoms with E-state index in [1.165, 1.54) is 12.1 Å². The molecule has 9 heteroatoms. The van der Waals surface area contributed by atoms with Crippen molar-refractivity contribution in [3.05, 3.63) is 58.9 Å². The largest absolute Gasteiger partial charge is 0.369 e. The molecule has 2 aromatic rings. The van der Waals surface area contributed by atoms with Gasteiger partial charge in [-0.15, -0.1) is 0 Å². The van der Waals surface area contributed by atoms with Crippen LogP contribution in [-0.4, -0.2) is 65.0 Å². The Morgan fingerprint density at radius 3 is 2.18 bits per heavy atom. The molecular formula is C24H33FN4O3S. The number of aryl methyl sites for hydroxylation is 3. The highest BCUT2D eigenvalue weighted by Gasteiger charge is 2.20. The Bertz CT molecular complexity index is 1040. The number of nitrogens with zero attached hydrogens (tertiary/aromatic N) is 2. The van der Waals surface area contributed by atoms with E-state index >= 15 is 0 Å². The quantitative estimate of drug-likeness (QED) is 0.581. The van der Waals surface area contributed by atoms with Gasteiger partial charge in [0.15, 0.2) is 0 Å². The first-order valence-corrected chi connectivity index (χ1v) is 12.7. The second-order valence-electron chi connectivity index (χ2n) is 8.53. The summed E-state index contributed by atoms with van der Waals surface area (Å²) in [6.45, 7) is 10.2. The number of carbonyl (C=O) groups excluding carboxylic acids is 1. The highest BCUT2D eigenvalue weighted by Crippen LogP contribution is 2.21. The molecule has 1 fully saturated rings. The predicted octanol–water partition coefficient (Wildman–Crippen LogP) is 2.36. The molecule has 1 heterocycles. The molecule has 1 saturated heterocycles. The summed E-state index contributed by atoms with van der Waals surface area (Å²) in [6.07, 6.45) is 0.0849. The van der Waals surface area contributed by atoms with Gasteiger partial charge in [0.1, 0.15) is 5.82 Å². The Balaban J connectivity index is 1.35. The summed E-state index contributed by atoms with van der Waals surface area (Å²) < 4.78 is 40.9. The van der Waals surface area contributed by atoms with Crippen molar-refractivity contribution in [3.63, 3.8) is 0 Å². The zero-order valence-electron chi connectivity index (χ0n) is 19.5. The molecule has 0 unspecified atom stereocenters. The van der Waals surface area contributed by atoms with Crippen LogP contribution in [0.4, 0.5) is 10.1 Å². The number of halogens is 1. The number of amides is 1. The van der Waals surface area contributed by atoms with E-state index in [0.29, 0.717) is 17.7 Å². The van der Waals surface area contributed by atoms with Crippen LogP contribution in [0.25, 0.3) is 0 Å². The van der Waals surface area contributed by atoms with Crippen molar-refractivity contribution in [2.45, 2.75) is 32.1 Å². The standard InChI is InChI=1S/C24H33FN4O3S/c1-18-16-19(2)24(20(3)17-18)33(31,32)27-9-8-23(30)26-10-11-28-12-14-29(15-13-28)22-6-4-21(25)5-7-22/h4-7,16-17,27H,8-15H2,1-3H3,(H,26,30). The van der Waals surface area contributed by atoms with Crippen LogP contribution in [0.15, 0.2) is 41.3 Å². The third kappa shape index (κ3) is 6.99. The van der Waals surface area contributed by atoms with Crippen LogP contribution in [0.5, 0.6) is 0 Å². The van der Waals surface area contributed by atoms with E-state index in [0.717, 1.165) is 44.0 Å². The minimum atomic E-state index is -3.67. The zero-order valence-corrected chi connectivity index (χ0v) is 20.3. The summed E-state index contributed by atoms with van der Waals surface area (Å²) in [5.74, 6) is -0.415. The summed E-state index contributed by atoms with van der Waals surface area (Å²) in [4.78, 5) is 16.9. The molecule has 1 aliphatic heterocycles. The molecule has 33 heavy (non-hydrogen) atoms. The second-order valence-corrected chi connectivity index (χ2v) is 10.2. The zero-order chi connectivity index (χ0) is 24.0. The fraction of sp³-hybridized carbons (Fsp3) is 0.458. The Morgan fingerprint density at radius 1 is 0.970 bits per heavy atom. The average molecular weight is 477 g/mol. The van der Waals surface area contributed by atoms with Crippen LogP contribution in [0, 0.1) is 26.6 Å². The first-order valence-electron chi connectivity index (χ1n) is 11.2. The van der Waals surface area contributed by atoms with Gasteiger partial charge in [0.2, 0.25) is 15.9 Å². The van der Waals surface area contributed by atoms with Crippen molar-refractivity contribution < 1.29 is 17.6 Å². The molecule has 7 nitrogen and oxygen atoms in total. The smallest absolute Gasteiger partial charge is 0.241 e. The Kier molecular flexibility index (Phi) is 8.45. The molecule has 0 aromatic heterocycles. The Labute approximate surface area is 196 Å². The maximum Gasteiger partial charge on any atom is 0.241 e. The van der Waals surface area contributed by atoms with Gasteiger partial charge in [-0.25, -0.2) is 17.5 Å². The lowest BCUT2D eigenvalue weighted by Gasteiger charge is -2.36. The molecule has 0 saturated carbocycles. The highest BCUT2D eigenvalue weighted by molar-refractivity contribution is 7.89. The molecular weight excluding hydrogens is 443 g/mol. The lowest BCUT2D eigenvalue weighted by atomic mass is 10.1. The van der Waals surface area contributed by atoms with E-state index in [1.807, 2.05) is 19.1 Å². The summed E-state index contributed by atoms with van der Waals surface area (Å²) in [6, 6.07) is 10.2. The molecule has 2 N–H and O–H groups in total. The summed E-state index contributed by atoms with van der Waals surface area (Å²) >= 11 is 0. The van der Waals surface area contributed by atoms with Crippen LogP contribution in [0.2, 0.25) is 0 Å². The number of piperazine rings is 1. The van der Waals surface area contributed by atoms with Gasteiger partial charge in [-0.1, -0.05) is 17.7 Å². The van der Waals surface area contributed by atoms with E-state index in [9.17, 15) is 17.6 Å². The fourth-order valence-corrected chi connectivity index (χ4v) is 5.77. The maximum atomic E-state index is 13.1. The van der Waals surface area contributed by atoms with E-state index in [4.69, 9.17) is 0 Å². The third-order valence-electron chi connectivity index (χ3n) is 5.83. The number of hydrogen-bond donors (Lipinski definition) is 2. The van der Waals surface area contributed by atoms with Crippen LogP contribution < -0.4 is 14.9 Å². The van der Waals surface area contributed by atoms with Gasteiger partial charge in [0.25, 0.3) is 0 Å². The van der Waals surface area contributed by atoms with Crippen molar-refractivity contribution in [2.75, 3.05) is 50.7 Å². The molecule has 2 aromatic carbocycles. The number of anilines is 1. The number of carbonyl (C=O) groups is 1. The molecule has 1 aliphatic rings. The van der Waals surface area contributed by atoms with Gasteiger partial charge >= 0.3 is 0 Å². The van der Waals surface area contributed by atoms with E-state index < -0.39 is 10.0 Å². The lowest BCUT2D eigenvalue weighted by molar-refractivity contribution is -0.120. The number of nitrogens with one attached hydrogen (secondary N) is 2. The molecule has 3 rings (SSSR count). The molecule has 0 aliphatic carbocycles. The van der Waals surface area contributed by atoms with Crippen molar-refractivity contribution in [1.29, 1.82) is 0 Å². The molecule has 0 bridgehead atoms. The molecule has 0 atom stereocenters. The number of rotatable bonds is 9. The SMILES string of the molecule is Cc1cc(C)c(S(=O)(=O)NCCC(=O)NCCN2CCN(c3ccc(F)cc3)CC2)c(C)c1. The number of hydrogen-bond acceptors (Lipinski definition) is 5. The number of sulfonamides is 1. The Morgan fingerprint density at radius 2 is 1.58 bits per heavy atom. The second kappa shape index (κ2) is 11.1. The van der Waals surface area contributed by atoms with Gasteiger partial charge in [-0.3, -0.25) is 9.69 Å². The summed E-state index contributed by atoms with van der Waals surface area (Å²) in [5, 5.41) is 2.86. The van der Waals surface area contributed by atoms with Crippen LogP contribution >= 0.6 is 0 Å². The first kappa shape index (κ1) is 25.1. The monoisotopic (exact) mass is 476 g/mol. The van der Waals surface area contributed by atoms with Gasteiger partial charge in [0, 0.05) is 57.9 Å². The molecule has 1 amide bonds. The van der Waals surface area contributed by atoms with E-state index in [2.05, 4.69) is 19.8 Å². The van der Waals surface area contributed by atoms with Crippen molar-refractivity contribution in [1.82, 2.24) is 14.9 Å². The van der Waals surface area contributed by atoms with Crippen molar-refractivity contribution >= 4 is 21.6 Å². The normalized spacial score (nSPS) is 15.0. The van der Waals surface area contributed by atoms with Crippen LogP contribution in [0.3, 0.4) is 0 Å². The minimum Gasteiger partial charge on any atom is -0.369 e. The van der Waals surface area contributed by atoms with Crippen molar-refractivity contribution in [3.8, 4) is 0 Å². The van der Waals surface area contributed by atoms with Gasteiger partial charge in [0.05, 0.1) is 4.90 Å². The van der Waals surface area contributed by atoms with Crippen LogP contribution in [0.1, 0.15) is 23.1 Å². The number of benzene rings is 2. The van der Waals surface area contributed by atoms with Gasteiger partial charge in [-0.05, 0) is 56.2 Å². The molecule has 0 spiro atoms. The van der Waals surface area contributed by atoms with Crippen molar-refractivity contribution in [2.24, 2.45) is 0 Å². The maximum absolute atomic E-state index is 13.1. The van der Waals surface area contributed by atoms with Crippen LogP contribution in [-0.2, 0) is 14.8 Å². The van der Waals surface area contributed by atoms with E-state index in [1.54, 1.807) is 26.0 Å². The fourth-order valence-electron chi connectivity index (χ4n) is 4.29. The minimum absolute atomic E-state index is 0.0528. The Hall–Kier alpha value is -2.49. The summed E-state index contributed by atoms with van der Waals surface area (Å²) in [5.41, 5.74) is 3.43. The third-order valence-corrected chi connectivity index (χ3v) is 7.60. The molecule has 180 valence electrons. The van der Waals surface area contributed by atoms with Gasteiger partial charge < -0.3 is 10.2 Å². The topological polar surface area (TPSA) is 81.7 Å². The summed E-state index contributed by atoms with van der Waals surface area (Å²) in [7, 11) is -3.67. The predicted molar refractivity (Wildman–Crippen MR) is 129 cm³/mol. The lowest BCUT2D eigenvalue weighted by Crippen LogP contribution is -2.48. The van der Waals surface area contributed by atoms with Gasteiger partial charge in [-0.2, -0.15) is 0 Å². The highest BCUT2D eigenvalue weighted by atomic mass is 32.2. The first-order chi connectivity index (χ1) is 15.7. The average Bonchev–Trinajstić information content (AvgIpc) is 2.74.